The fourth-order valence-electron chi connectivity index (χ4n) is 7.12. The lowest BCUT2D eigenvalue weighted by atomic mass is 9.66. The van der Waals surface area contributed by atoms with Gasteiger partial charge in [0.2, 0.25) is 0 Å². The minimum atomic E-state index is -0.184. The SMILES string of the molecule is Cn1c(=O)[nH]c2ncc(-c3cccc(C(=O)N4CC5CCC4C4CN(Cc6ccccc6)CC54)c3)cc21. The van der Waals surface area contributed by atoms with Gasteiger partial charge in [0.05, 0.1) is 5.52 Å². The number of carbonyl (C=O) groups is 1. The van der Waals surface area contributed by atoms with Gasteiger partial charge in [0, 0.05) is 56.6 Å². The first-order valence-electron chi connectivity index (χ1n) is 13.3. The maximum absolute atomic E-state index is 13.9. The van der Waals surface area contributed by atoms with Crippen molar-refractivity contribution in [2.24, 2.45) is 24.8 Å². The number of amides is 1. The number of imidazole rings is 1. The molecule has 4 aromatic rings. The minimum Gasteiger partial charge on any atom is -0.335 e. The molecule has 2 aromatic carbocycles. The molecule has 1 N–H and O–H groups in total. The number of nitrogens with one attached hydrogen (secondary N) is 1. The first-order valence-corrected chi connectivity index (χ1v) is 13.3. The predicted octanol–water partition coefficient (Wildman–Crippen LogP) is 3.91. The summed E-state index contributed by atoms with van der Waals surface area (Å²) in [4.78, 5) is 37.8. The molecule has 4 fully saturated rings. The lowest BCUT2D eigenvalue weighted by Crippen LogP contribution is -2.59. The quantitative estimate of drug-likeness (QED) is 0.468. The van der Waals surface area contributed by atoms with E-state index in [0.717, 1.165) is 54.8 Å². The van der Waals surface area contributed by atoms with Crippen molar-refractivity contribution in [3.63, 3.8) is 0 Å². The highest BCUT2D eigenvalue weighted by atomic mass is 16.2. The van der Waals surface area contributed by atoms with Gasteiger partial charge in [-0.25, -0.2) is 9.78 Å². The number of benzene rings is 2. The highest BCUT2D eigenvalue weighted by Crippen LogP contribution is 2.47. The molecule has 1 amide bonds. The lowest BCUT2D eigenvalue weighted by Gasteiger charge is -2.52. The molecule has 1 aliphatic carbocycles. The number of rotatable bonds is 4. The molecule has 2 bridgehead atoms. The summed E-state index contributed by atoms with van der Waals surface area (Å²) in [6.07, 6.45) is 4.10. The number of H-pyrrole nitrogens is 1. The van der Waals surface area contributed by atoms with Crippen molar-refractivity contribution in [1.82, 2.24) is 24.3 Å². The molecule has 3 saturated heterocycles. The zero-order chi connectivity index (χ0) is 25.1. The molecule has 4 aliphatic rings. The Balaban J connectivity index is 1.12. The van der Waals surface area contributed by atoms with Crippen LogP contribution in [0.4, 0.5) is 0 Å². The number of hydrogen-bond donors (Lipinski definition) is 1. The van der Waals surface area contributed by atoms with Crippen LogP contribution in [0.2, 0.25) is 0 Å². The molecule has 7 heteroatoms. The van der Waals surface area contributed by atoms with Gasteiger partial charge in [-0.15, -0.1) is 0 Å². The first kappa shape index (κ1) is 22.5. The molecule has 5 heterocycles. The first-order chi connectivity index (χ1) is 18.0. The maximum Gasteiger partial charge on any atom is 0.327 e. The molecule has 4 atom stereocenters. The highest BCUT2D eigenvalue weighted by Gasteiger charge is 2.52. The summed E-state index contributed by atoms with van der Waals surface area (Å²) >= 11 is 0. The van der Waals surface area contributed by atoms with E-state index in [0.29, 0.717) is 29.4 Å². The van der Waals surface area contributed by atoms with E-state index in [4.69, 9.17) is 0 Å². The summed E-state index contributed by atoms with van der Waals surface area (Å²) in [5.41, 5.74) is 5.05. The fraction of sp³-hybridized carbons (Fsp3) is 0.367. The Labute approximate surface area is 215 Å². The Hall–Kier alpha value is -3.71. The zero-order valence-electron chi connectivity index (χ0n) is 21.0. The largest absolute Gasteiger partial charge is 0.335 e. The number of carbonyl (C=O) groups excluding carboxylic acids is 1. The van der Waals surface area contributed by atoms with Crippen molar-refractivity contribution in [1.29, 1.82) is 0 Å². The second kappa shape index (κ2) is 8.70. The Morgan fingerprint density at radius 2 is 1.81 bits per heavy atom. The molecule has 1 saturated carbocycles. The van der Waals surface area contributed by atoms with Crippen LogP contribution < -0.4 is 5.69 Å². The highest BCUT2D eigenvalue weighted by molar-refractivity contribution is 5.96. The van der Waals surface area contributed by atoms with Crippen LogP contribution in [0.15, 0.2) is 71.7 Å². The zero-order valence-corrected chi connectivity index (χ0v) is 21.0. The Bertz CT molecular complexity index is 1540. The standard InChI is InChI=1S/C30H31N5O2/c1-33-27-13-23(14-31-28(27)32-30(33)37)20-8-5-9-21(12-20)29(36)35-16-22-10-11-26(35)25-18-34(17-24(22)25)15-19-6-3-2-4-7-19/h2-9,12-14,22,24-26H,10-11,15-18H2,1H3,(H,31,32,37). The van der Waals surface area contributed by atoms with Crippen molar-refractivity contribution in [3.05, 3.63) is 88.5 Å². The summed E-state index contributed by atoms with van der Waals surface area (Å²) in [5.74, 6) is 1.98. The van der Waals surface area contributed by atoms with Crippen molar-refractivity contribution < 1.29 is 4.79 Å². The van der Waals surface area contributed by atoms with E-state index >= 15 is 0 Å². The van der Waals surface area contributed by atoms with Crippen LogP contribution in [-0.2, 0) is 13.6 Å². The van der Waals surface area contributed by atoms with Crippen molar-refractivity contribution >= 4 is 17.1 Å². The maximum atomic E-state index is 13.9. The van der Waals surface area contributed by atoms with E-state index in [9.17, 15) is 9.59 Å². The number of piperidine rings is 2. The van der Waals surface area contributed by atoms with E-state index in [2.05, 4.69) is 50.1 Å². The molecular formula is C30H31N5O2. The Morgan fingerprint density at radius 3 is 2.68 bits per heavy atom. The number of aromatic nitrogens is 3. The number of aryl methyl sites for hydroxylation is 1. The number of pyridine rings is 1. The smallest absolute Gasteiger partial charge is 0.327 e. The topological polar surface area (TPSA) is 74.2 Å². The van der Waals surface area contributed by atoms with Crippen LogP contribution in [0.25, 0.3) is 22.3 Å². The van der Waals surface area contributed by atoms with Gasteiger partial charge in [0.25, 0.3) is 5.91 Å². The van der Waals surface area contributed by atoms with Gasteiger partial charge in [-0.05, 0) is 59.9 Å². The van der Waals surface area contributed by atoms with Gasteiger partial charge in [-0.1, -0.05) is 42.5 Å². The van der Waals surface area contributed by atoms with E-state index in [1.807, 2.05) is 30.3 Å². The summed E-state index contributed by atoms with van der Waals surface area (Å²) in [6, 6.07) is 20.9. The molecule has 0 radical (unpaired) electrons. The average molecular weight is 494 g/mol. The molecule has 188 valence electrons. The minimum absolute atomic E-state index is 0.139. The molecule has 0 spiro atoms. The van der Waals surface area contributed by atoms with Gasteiger partial charge < -0.3 is 4.90 Å². The average Bonchev–Trinajstić information content (AvgIpc) is 3.50. The molecule has 7 nitrogen and oxygen atoms in total. The third-order valence-electron chi connectivity index (χ3n) is 8.96. The molecule has 3 aliphatic heterocycles. The molecule has 4 unspecified atom stereocenters. The molecule has 37 heavy (non-hydrogen) atoms. The summed E-state index contributed by atoms with van der Waals surface area (Å²) in [5, 5.41) is 0. The number of aromatic amines is 1. The summed E-state index contributed by atoms with van der Waals surface area (Å²) in [7, 11) is 1.73. The number of fused-ring (bicyclic) bond motifs is 3. The molecular weight excluding hydrogens is 462 g/mol. The number of likely N-dealkylation sites (tertiary alicyclic amines) is 1. The van der Waals surface area contributed by atoms with Gasteiger partial charge in [0.1, 0.15) is 0 Å². The third-order valence-corrected chi connectivity index (χ3v) is 8.96. The Morgan fingerprint density at radius 1 is 0.973 bits per heavy atom. The van der Waals surface area contributed by atoms with Crippen LogP contribution in [0.3, 0.4) is 0 Å². The van der Waals surface area contributed by atoms with Crippen molar-refractivity contribution in [3.8, 4) is 11.1 Å². The fourth-order valence-corrected chi connectivity index (χ4v) is 7.12. The second-order valence-corrected chi connectivity index (χ2v) is 11.0. The van der Waals surface area contributed by atoms with E-state index in [1.165, 1.54) is 12.0 Å². The summed E-state index contributed by atoms with van der Waals surface area (Å²) < 4.78 is 1.56. The van der Waals surface area contributed by atoms with E-state index in [1.54, 1.807) is 17.8 Å². The molecule has 2 aromatic heterocycles. The monoisotopic (exact) mass is 493 g/mol. The van der Waals surface area contributed by atoms with E-state index in [-0.39, 0.29) is 11.6 Å². The van der Waals surface area contributed by atoms with Crippen LogP contribution in [0.5, 0.6) is 0 Å². The van der Waals surface area contributed by atoms with Crippen LogP contribution >= 0.6 is 0 Å². The van der Waals surface area contributed by atoms with Crippen molar-refractivity contribution in [2.75, 3.05) is 19.6 Å². The van der Waals surface area contributed by atoms with Crippen molar-refractivity contribution in [2.45, 2.75) is 25.4 Å². The number of hydrogen-bond acceptors (Lipinski definition) is 4. The lowest BCUT2D eigenvalue weighted by molar-refractivity contribution is -0.0144. The summed E-state index contributed by atoms with van der Waals surface area (Å²) in [6.45, 7) is 4.09. The molecule has 8 rings (SSSR count). The van der Waals surface area contributed by atoms with Crippen LogP contribution in [-0.4, -0.2) is 55.9 Å². The van der Waals surface area contributed by atoms with E-state index < -0.39 is 0 Å². The normalized spacial score (nSPS) is 25.1. The van der Waals surface area contributed by atoms with Gasteiger partial charge >= 0.3 is 5.69 Å². The van der Waals surface area contributed by atoms with Crippen LogP contribution in [0.1, 0.15) is 28.8 Å². The second-order valence-electron chi connectivity index (χ2n) is 11.0. The predicted molar refractivity (Wildman–Crippen MR) is 143 cm³/mol. The van der Waals surface area contributed by atoms with Gasteiger partial charge in [0.15, 0.2) is 5.65 Å². The van der Waals surface area contributed by atoms with Crippen LogP contribution in [0, 0.1) is 17.8 Å². The Kier molecular flexibility index (Phi) is 5.29. The van der Waals surface area contributed by atoms with Gasteiger partial charge in [-0.3, -0.25) is 19.2 Å². The number of nitrogens with zero attached hydrogens (tertiary/aromatic N) is 4. The van der Waals surface area contributed by atoms with Gasteiger partial charge in [-0.2, -0.15) is 0 Å². The third kappa shape index (κ3) is 3.80.